The molecule has 3 rings (SSSR count). The van der Waals surface area contributed by atoms with Crippen LogP contribution in [0.3, 0.4) is 0 Å². The topological polar surface area (TPSA) is 58.1 Å². The quantitative estimate of drug-likeness (QED) is 0.945. The van der Waals surface area contributed by atoms with Gasteiger partial charge in [0.05, 0.1) is 5.69 Å². The lowest BCUT2D eigenvalue weighted by molar-refractivity contribution is 0.0786. The van der Waals surface area contributed by atoms with Crippen LogP contribution in [0.5, 0.6) is 0 Å². The number of hydrogen-bond donors (Lipinski definition) is 1. The van der Waals surface area contributed by atoms with Crippen molar-refractivity contribution in [2.24, 2.45) is 0 Å². The molecule has 23 heavy (non-hydrogen) atoms. The zero-order chi connectivity index (χ0) is 16.4. The van der Waals surface area contributed by atoms with Crippen LogP contribution in [0.25, 0.3) is 0 Å². The van der Waals surface area contributed by atoms with Crippen LogP contribution in [0.15, 0.2) is 24.3 Å². The fourth-order valence-corrected chi connectivity index (χ4v) is 2.55. The van der Waals surface area contributed by atoms with E-state index < -0.39 is 11.6 Å². The van der Waals surface area contributed by atoms with Gasteiger partial charge in [0.25, 0.3) is 5.91 Å². The number of likely N-dealkylation sites (tertiary alicyclic amines) is 1. The van der Waals surface area contributed by atoms with E-state index in [-0.39, 0.29) is 17.3 Å². The summed E-state index contributed by atoms with van der Waals surface area (Å²) in [6.45, 7) is 3.10. The lowest BCUT2D eigenvalue weighted by Gasteiger charge is -2.15. The van der Waals surface area contributed by atoms with E-state index in [1.54, 1.807) is 11.8 Å². The molecule has 0 saturated carbocycles. The normalized spacial score (nSPS) is 14.1. The van der Waals surface area contributed by atoms with E-state index in [1.807, 2.05) is 0 Å². The van der Waals surface area contributed by atoms with Gasteiger partial charge < -0.3 is 10.2 Å². The predicted molar refractivity (Wildman–Crippen MR) is 81.5 cm³/mol. The van der Waals surface area contributed by atoms with Crippen molar-refractivity contribution in [2.75, 3.05) is 18.4 Å². The molecule has 0 bridgehead atoms. The molecule has 2 aromatic rings. The molecule has 1 aromatic carbocycles. The van der Waals surface area contributed by atoms with E-state index in [0.717, 1.165) is 38.1 Å². The van der Waals surface area contributed by atoms with Crippen molar-refractivity contribution in [3.8, 4) is 0 Å². The van der Waals surface area contributed by atoms with Crippen LogP contribution in [-0.4, -0.2) is 33.9 Å². The third-order valence-corrected chi connectivity index (χ3v) is 3.64. The number of rotatable bonds is 3. The second-order valence-corrected chi connectivity index (χ2v) is 5.43. The standard InChI is InChI=1S/C16H16F2N4O/c1-10-19-14(16(23)22-6-2-3-7-22)9-15(20-10)21-13-5-4-11(17)8-12(13)18/h4-5,8-9H,2-3,6-7H2,1H3,(H,19,20,21). The summed E-state index contributed by atoms with van der Waals surface area (Å²) in [5.41, 5.74) is 0.355. The number of carbonyl (C=O) groups is 1. The summed E-state index contributed by atoms with van der Waals surface area (Å²) in [5, 5.41) is 2.76. The van der Waals surface area contributed by atoms with Gasteiger partial charge in [-0.1, -0.05) is 0 Å². The minimum Gasteiger partial charge on any atom is -0.338 e. The molecule has 0 aliphatic carbocycles. The number of nitrogens with zero attached hydrogens (tertiary/aromatic N) is 3. The van der Waals surface area contributed by atoms with Crippen LogP contribution in [-0.2, 0) is 0 Å². The summed E-state index contributed by atoms with van der Waals surface area (Å²) in [4.78, 5) is 22.4. The van der Waals surface area contributed by atoms with Gasteiger partial charge in [-0.25, -0.2) is 18.7 Å². The minimum atomic E-state index is -0.728. The number of halogens is 2. The van der Waals surface area contributed by atoms with Gasteiger partial charge in [-0.2, -0.15) is 0 Å². The van der Waals surface area contributed by atoms with Crippen molar-refractivity contribution in [3.63, 3.8) is 0 Å². The Hall–Kier alpha value is -2.57. The first kappa shape index (κ1) is 15.3. The summed E-state index contributed by atoms with van der Waals surface area (Å²) in [5.74, 6) is -0.841. The molecule has 1 saturated heterocycles. The van der Waals surface area contributed by atoms with Crippen molar-refractivity contribution < 1.29 is 13.6 Å². The van der Waals surface area contributed by atoms with Gasteiger partial charge in [-0.15, -0.1) is 0 Å². The van der Waals surface area contributed by atoms with E-state index in [0.29, 0.717) is 11.6 Å². The lowest BCUT2D eigenvalue weighted by Crippen LogP contribution is -2.28. The Balaban J connectivity index is 1.86. The van der Waals surface area contributed by atoms with E-state index in [4.69, 9.17) is 0 Å². The fraction of sp³-hybridized carbons (Fsp3) is 0.312. The van der Waals surface area contributed by atoms with Gasteiger partial charge >= 0.3 is 0 Å². The van der Waals surface area contributed by atoms with Crippen LogP contribution in [0.4, 0.5) is 20.3 Å². The molecule has 0 spiro atoms. The van der Waals surface area contributed by atoms with Gasteiger partial charge in [-0.3, -0.25) is 4.79 Å². The lowest BCUT2D eigenvalue weighted by atomic mass is 10.3. The molecule has 7 heteroatoms. The van der Waals surface area contributed by atoms with Crippen molar-refractivity contribution in [2.45, 2.75) is 19.8 Å². The van der Waals surface area contributed by atoms with Crippen molar-refractivity contribution in [3.05, 3.63) is 47.4 Å². The van der Waals surface area contributed by atoms with Gasteiger partial charge in [0.1, 0.15) is 29.0 Å². The Kier molecular flexibility index (Phi) is 4.18. The molecule has 5 nitrogen and oxygen atoms in total. The second-order valence-electron chi connectivity index (χ2n) is 5.43. The van der Waals surface area contributed by atoms with E-state index in [2.05, 4.69) is 15.3 Å². The van der Waals surface area contributed by atoms with Crippen LogP contribution < -0.4 is 5.32 Å². The summed E-state index contributed by atoms with van der Waals surface area (Å²) >= 11 is 0. The number of aryl methyl sites for hydroxylation is 1. The maximum absolute atomic E-state index is 13.7. The molecule has 2 heterocycles. The molecule has 120 valence electrons. The zero-order valence-corrected chi connectivity index (χ0v) is 12.6. The number of anilines is 2. The molecule has 1 amide bonds. The van der Waals surface area contributed by atoms with Crippen molar-refractivity contribution in [1.29, 1.82) is 0 Å². The average Bonchev–Trinajstić information content (AvgIpc) is 3.03. The highest BCUT2D eigenvalue weighted by Gasteiger charge is 2.21. The molecule has 1 fully saturated rings. The van der Waals surface area contributed by atoms with Crippen molar-refractivity contribution >= 4 is 17.4 Å². The Morgan fingerprint density at radius 2 is 1.91 bits per heavy atom. The predicted octanol–water partition coefficient (Wildman–Crippen LogP) is 3.04. The fourth-order valence-electron chi connectivity index (χ4n) is 2.55. The van der Waals surface area contributed by atoms with Crippen LogP contribution in [0.1, 0.15) is 29.2 Å². The number of nitrogens with one attached hydrogen (secondary N) is 1. The third kappa shape index (κ3) is 3.44. The first-order chi connectivity index (χ1) is 11.0. The molecule has 1 aliphatic rings. The van der Waals surface area contributed by atoms with Gasteiger partial charge in [0, 0.05) is 25.2 Å². The highest BCUT2D eigenvalue weighted by Crippen LogP contribution is 2.21. The Labute approximate surface area is 132 Å². The second kappa shape index (κ2) is 6.28. The van der Waals surface area contributed by atoms with E-state index in [1.165, 1.54) is 12.1 Å². The Morgan fingerprint density at radius 3 is 2.61 bits per heavy atom. The number of hydrogen-bond acceptors (Lipinski definition) is 4. The molecule has 1 aliphatic heterocycles. The van der Waals surface area contributed by atoms with Gasteiger partial charge in [0.2, 0.25) is 0 Å². The summed E-state index contributed by atoms with van der Waals surface area (Å²) in [6.07, 6.45) is 1.98. The molecule has 0 radical (unpaired) electrons. The SMILES string of the molecule is Cc1nc(Nc2ccc(F)cc2F)cc(C(=O)N2CCCC2)n1. The molecular weight excluding hydrogens is 302 g/mol. The maximum atomic E-state index is 13.7. The molecular formula is C16H16F2N4O. The Bertz CT molecular complexity index is 745. The van der Waals surface area contributed by atoms with Gasteiger partial charge in [-0.05, 0) is 31.9 Å². The number of carbonyl (C=O) groups excluding carboxylic acids is 1. The number of benzene rings is 1. The third-order valence-electron chi connectivity index (χ3n) is 3.64. The number of amides is 1. The smallest absolute Gasteiger partial charge is 0.272 e. The maximum Gasteiger partial charge on any atom is 0.272 e. The summed E-state index contributed by atoms with van der Waals surface area (Å²) in [7, 11) is 0. The highest BCUT2D eigenvalue weighted by atomic mass is 19.1. The monoisotopic (exact) mass is 318 g/mol. The van der Waals surface area contributed by atoms with Crippen LogP contribution >= 0.6 is 0 Å². The first-order valence-electron chi connectivity index (χ1n) is 7.40. The Morgan fingerprint density at radius 1 is 1.17 bits per heavy atom. The molecule has 0 unspecified atom stereocenters. The van der Waals surface area contributed by atoms with E-state index in [9.17, 15) is 13.6 Å². The van der Waals surface area contributed by atoms with Crippen LogP contribution in [0.2, 0.25) is 0 Å². The largest absolute Gasteiger partial charge is 0.338 e. The van der Waals surface area contributed by atoms with Crippen molar-refractivity contribution in [1.82, 2.24) is 14.9 Å². The number of aromatic nitrogens is 2. The molecule has 1 N–H and O–H groups in total. The summed E-state index contributed by atoms with van der Waals surface area (Å²) in [6, 6.07) is 4.70. The first-order valence-corrected chi connectivity index (χ1v) is 7.40. The minimum absolute atomic E-state index is 0.0871. The van der Waals surface area contributed by atoms with Gasteiger partial charge in [0.15, 0.2) is 0 Å². The molecule has 1 aromatic heterocycles. The zero-order valence-electron chi connectivity index (χ0n) is 12.6. The average molecular weight is 318 g/mol. The molecule has 0 atom stereocenters. The van der Waals surface area contributed by atoms with Crippen LogP contribution in [0, 0.1) is 18.6 Å². The van der Waals surface area contributed by atoms with E-state index >= 15 is 0 Å². The summed E-state index contributed by atoms with van der Waals surface area (Å²) < 4.78 is 26.7. The highest BCUT2D eigenvalue weighted by molar-refractivity contribution is 5.93.